The molecule has 2 aliphatic rings. The Morgan fingerprint density at radius 1 is 0.692 bits per heavy atom. The zero-order chi connectivity index (χ0) is 19.4. The van der Waals surface area contributed by atoms with Gasteiger partial charge in [-0.25, -0.2) is 0 Å². The number of rotatable bonds is 7. The lowest BCUT2D eigenvalue weighted by Gasteiger charge is -2.42. The van der Waals surface area contributed by atoms with E-state index < -0.39 is 0 Å². The van der Waals surface area contributed by atoms with Crippen molar-refractivity contribution in [1.29, 1.82) is 0 Å². The van der Waals surface area contributed by atoms with Crippen molar-refractivity contribution >= 4 is 0 Å². The van der Waals surface area contributed by atoms with Gasteiger partial charge in [-0.1, -0.05) is 47.5 Å². The first-order valence-electron chi connectivity index (χ1n) is 11.2. The summed E-state index contributed by atoms with van der Waals surface area (Å²) in [6.45, 7) is 12.1. The fourth-order valence-electron chi connectivity index (χ4n) is 6.12. The van der Waals surface area contributed by atoms with E-state index in [1.165, 1.54) is 64.2 Å². The molecule has 1 unspecified atom stereocenters. The van der Waals surface area contributed by atoms with Crippen LogP contribution in [0, 0.1) is 28.6 Å². The van der Waals surface area contributed by atoms with Crippen LogP contribution in [0.5, 0.6) is 0 Å². The van der Waals surface area contributed by atoms with Gasteiger partial charge in [0.2, 0.25) is 0 Å². The topological polar surface area (TPSA) is 18.5 Å². The largest absolute Gasteiger partial charge is 0.381 e. The van der Waals surface area contributed by atoms with Crippen molar-refractivity contribution in [2.75, 3.05) is 14.2 Å². The van der Waals surface area contributed by atoms with Crippen molar-refractivity contribution in [2.45, 2.75) is 111 Å². The van der Waals surface area contributed by atoms with E-state index in [1.54, 1.807) is 0 Å². The molecule has 2 saturated carbocycles. The van der Waals surface area contributed by atoms with Crippen molar-refractivity contribution in [2.24, 2.45) is 28.6 Å². The quantitative estimate of drug-likeness (QED) is 0.489. The van der Waals surface area contributed by atoms with Crippen molar-refractivity contribution in [3.8, 4) is 0 Å². The van der Waals surface area contributed by atoms with Crippen LogP contribution in [0.3, 0.4) is 0 Å². The van der Waals surface area contributed by atoms with Crippen LogP contribution < -0.4 is 0 Å². The lowest BCUT2D eigenvalue weighted by molar-refractivity contribution is -0.0214. The maximum absolute atomic E-state index is 5.86. The van der Waals surface area contributed by atoms with Gasteiger partial charge >= 0.3 is 0 Å². The fraction of sp³-hybridized carbons (Fsp3) is 1.00. The first-order valence-corrected chi connectivity index (χ1v) is 11.2. The second kappa shape index (κ2) is 9.41. The average molecular weight is 367 g/mol. The first kappa shape index (κ1) is 22.2. The predicted molar refractivity (Wildman–Crippen MR) is 111 cm³/mol. The highest BCUT2D eigenvalue weighted by atomic mass is 16.5. The summed E-state index contributed by atoms with van der Waals surface area (Å²) >= 11 is 0. The standard InChI is InChI=1S/C24H46O2/c1-23(2,3)16-20-14-18(12-13-22(20)26-7)15-24(4,5)17-19-10-8-9-11-21(19)25-6/h18-22H,8-17H2,1-7H3/t18?,19-,20-,21+,22-/m1/s1. The Morgan fingerprint density at radius 3 is 1.92 bits per heavy atom. The lowest BCUT2D eigenvalue weighted by atomic mass is 9.66. The summed E-state index contributed by atoms with van der Waals surface area (Å²) in [5.41, 5.74) is 0.822. The van der Waals surface area contributed by atoms with Gasteiger partial charge in [-0.15, -0.1) is 0 Å². The Morgan fingerprint density at radius 2 is 1.31 bits per heavy atom. The lowest BCUT2D eigenvalue weighted by Crippen LogP contribution is -2.36. The molecule has 2 rings (SSSR count). The third-order valence-corrected chi connectivity index (χ3v) is 7.00. The molecule has 0 aromatic heterocycles. The molecule has 0 N–H and O–H groups in total. The van der Waals surface area contributed by atoms with E-state index in [2.05, 4.69) is 34.6 Å². The van der Waals surface area contributed by atoms with E-state index in [4.69, 9.17) is 9.47 Å². The van der Waals surface area contributed by atoms with Crippen LogP contribution in [0.25, 0.3) is 0 Å². The molecule has 2 fully saturated rings. The Bertz CT molecular complexity index is 409. The highest BCUT2D eigenvalue weighted by Crippen LogP contribution is 2.45. The minimum Gasteiger partial charge on any atom is -0.381 e. The molecule has 0 saturated heterocycles. The van der Waals surface area contributed by atoms with E-state index in [1.807, 2.05) is 14.2 Å². The zero-order valence-corrected chi connectivity index (χ0v) is 18.8. The minimum absolute atomic E-state index is 0.395. The molecule has 0 aliphatic heterocycles. The molecule has 0 radical (unpaired) electrons. The molecular formula is C24H46O2. The second-order valence-corrected chi connectivity index (χ2v) is 11.4. The van der Waals surface area contributed by atoms with Crippen LogP contribution in [0.1, 0.15) is 98.8 Å². The fourth-order valence-corrected chi connectivity index (χ4v) is 6.12. The number of hydrogen-bond acceptors (Lipinski definition) is 2. The molecule has 2 nitrogen and oxygen atoms in total. The van der Waals surface area contributed by atoms with Crippen LogP contribution >= 0.6 is 0 Å². The molecule has 0 amide bonds. The van der Waals surface area contributed by atoms with Crippen LogP contribution in [0.2, 0.25) is 0 Å². The Kier molecular flexibility index (Phi) is 8.04. The van der Waals surface area contributed by atoms with Gasteiger partial charge in [-0.05, 0) is 80.0 Å². The molecule has 2 aliphatic carbocycles. The van der Waals surface area contributed by atoms with Gasteiger partial charge in [-0.3, -0.25) is 0 Å². The number of hydrogen-bond donors (Lipinski definition) is 0. The van der Waals surface area contributed by atoms with E-state index in [0.29, 0.717) is 23.0 Å². The Balaban J connectivity index is 1.93. The molecular weight excluding hydrogens is 320 g/mol. The monoisotopic (exact) mass is 366 g/mol. The van der Waals surface area contributed by atoms with Crippen molar-refractivity contribution in [3.63, 3.8) is 0 Å². The first-order chi connectivity index (χ1) is 12.1. The Hall–Kier alpha value is -0.0800. The molecule has 0 bridgehead atoms. The molecule has 0 aromatic carbocycles. The molecule has 26 heavy (non-hydrogen) atoms. The molecule has 2 heteroatoms. The normalized spacial score (nSPS) is 34.0. The minimum atomic E-state index is 0.395. The van der Waals surface area contributed by atoms with Crippen molar-refractivity contribution in [1.82, 2.24) is 0 Å². The summed E-state index contributed by atoms with van der Waals surface area (Å²) in [6, 6.07) is 0. The van der Waals surface area contributed by atoms with Crippen LogP contribution in [-0.2, 0) is 9.47 Å². The van der Waals surface area contributed by atoms with E-state index in [0.717, 1.165) is 17.8 Å². The van der Waals surface area contributed by atoms with Crippen molar-refractivity contribution < 1.29 is 9.47 Å². The second-order valence-electron chi connectivity index (χ2n) is 11.4. The molecule has 0 spiro atoms. The highest BCUT2D eigenvalue weighted by molar-refractivity contribution is 4.88. The van der Waals surface area contributed by atoms with E-state index in [9.17, 15) is 0 Å². The van der Waals surface area contributed by atoms with Gasteiger partial charge in [0, 0.05) is 14.2 Å². The average Bonchev–Trinajstić information content (AvgIpc) is 2.53. The SMILES string of the molecule is CO[C@H]1CCCC[C@@H]1CC(C)(C)CC1CC[C@@H](OC)[C@@H](CC(C)(C)C)C1. The van der Waals surface area contributed by atoms with Gasteiger partial charge < -0.3 is 9.47 Å². The van der Waals surface area contributed by atoms with Gasteiger partial charge in [-0.2, -0.15) is 0 Å². The molecule has 5 atom stereocenters. The van der Waals surface area contributed by atoms with E-state index >= 15 is 0 Å². The van der Waals surface area contributed by atoms with Crippen LogP contribution in [0.15, 0.2) is 0 Å². The smallest absolute Gasteiger partial charge is 0.0599 e. The van der Waals surface area contributed by atoms with Crippen molar-refractivity contribution in [3.05, 3.63) is 0 Å². The van der Waals surface area contributed by atoms with Gasteiger partial charge in [0.05, 0.1) is 12.2 Å². The summed E-state index contributed by atoms with van der Waals surface area (Å²) < 4.78 is 11.7. The Labute approximate surface area is 163 Å². The van der Waals surface area contributed by atoms with Gasteiger partial charge in [0.1, 0.15) is 0 Å². The van der Waals surface area contributed by atoms with Crippen LogP contribution in [-0.4, -0.2) is 26.4 Å². The summed E-state index contributed by atoms with van der Waals surface area (Å²) in [6.07, 6.45) is 14.3. The van der Waals surface area contributed by atoms with Gasteiger partial charge in [0.25, 0.3) is 0 Å². The summed E-state index contributed by atoms with van der Waals surface area (Å²) in [4.78, 5) is 0. The third kappa shape index (κ3) is 6.82. The third-order valence-electron chi connectivity index (χ3n) is 7.00. The van der Waals surface area contributed by atoms with Gasteiger partial charge in [0.15, 0.2) is 0 Å². The summed E-state index contributed by atoms with van der Waals surface area (Å²) in [5, 5.41) is 0. The van der Waals surface area contributed by atoms with E-state index in [-0.39, 0.29) is 0 Å². The highest BCUT2D eigenvalue weighted by Gasteiger charge is 2.37. The molecule has 0 aromatic rings. The maximum atomic E-state index is 5.86. The molecule has 154 valence electrons. The predicted octanol–water partition coefficient (Wildman–Crippen LogP) is 6.87. The molecule has 0 heterocycles. The summed E-state index contributed by atoms with van der Waals surface area (Å²) in [5.74, 6) is 2.37. The number of ether oxygens (including phenoxy) is 2. The number of methoxy groups -OCH3 is 2. The maximum Gasteiger partial charge on any atom is 0.0599 e. The van der Waals surface area contributed by atoms with Crippen LogP contribution in [0.4, 0.5) is 0 Å². The summed E-state index contributed by atoms with van der Waals surface area (Å²) in [7, 11) is 3.83. The zero-order valence-electron chi connectivity index (χ0n) is 18.8.